The quantitative estimate of drug-likeness (QED) is 0.186. The number of benzene rings is 1. The topological polar surface area (TPSA) is 156 Å². The summed E-state index contributed by atoms with van der Waals surface area (Å²) in [4.78, 5) is 63.5. The zero-order chi connectivity index (χ0) is 39.6. The van der Waals surface area contributed by atoms with Crippen LogP contribution in [0.2, 0.25) is 0 Å². The van der Waals surface area contributed by atoms with Gasteiger partial charge in [0.1, 0.15) is 11.0 Å². The minimum Gasteiger partial charge on any atom is -0.379 e. The van der Waals surface area contributed by atoms with Crippen LogP contribution in [0.1, 0.15) is 102 Å². The summed E-state index contributed by atoms with van der Waals surface area (Å²) in [5, 5.41) is 9.00. The number of methoxy groups -OCH3 is 2. The highest BCUT2D eigenvalue weighted by Crippen LogP contribution is 2.31. The maximum Gasteiger partial charge on any atom is 0.245 e. The molecule has 300 valence electrons. The molecule has 2 fully saturated rings. The van der Waals surface area contributed by atoms with Crippen LogP contribution in [0, 0.1) is 17.8 Å². The van der Waals surface area contributed by atoms with E-state index < -0.39 is 35.7 Å². The first-order valence-corrected chi connectivity index (χ1v) is 20.6. The maximum absolute atomic E-state index is 14.2. The highest BCUT2D eigenvalue weighted by Gasteiger charge is 2.44. The molecule has 4 rings (SSSR count). The van der Waals surface area contributed by atoms with Crippen LogP contribution in [-0.2, 0) is 28.7 Å². The lowest BCUT2D eigenvalue weighted by Crippen LogP contribution is -2.61. The first-order chi connectivity index (χ1) is 25.8. The first-order valence-electron chi connectivity index (χ1n) is 19.7. The van der Waals surface area contributed by atoms with Crippen LogP contribution < -0.4 is 16.4 Å². The Bertz CT molecular complexity index is 1500. The number of nitrogens with two attached hydrogens (primary N) is 1. The molecule has 1 aliphatic carbocycles. The predicted molar refractivity (Wildman–Crippen MR) is 212 cm³/mol. The lowest BCUT2D eigenvalue weighted by molar-refractivity contribution is -0.148. The van der Waals surface area contributed by atoms with E-state index in [1.165, 1.54) is 0 Å². The number of amides is 4. The number of hydrogen-bond donors (Lipinski definition) is 3. The van der Waals surface area contributed by atoms with Gasteiger partial charge in [0.05, 0.1) is 48.1 Å². The summed E-state index contributed by atoms with van der Waals surface area (Å²) in [6.45, 7) is 10.7. The lowest BCUT2D eigenvalue weighted by Gasteiger charge is -2.41. The molecule has 2 heterocycles. The molecule has 0 spiro atoms. The smallest absolute Gasteiger partial charge is 0.245 e. The van der Waals surface area contributed by atoms with E-state index in [1.807, 2.05) is 61.4 Å². The van der Waals surface area contributed by atoms with Gasteiger partial charge in [-0.15, -0.1) is 11.3 Å². The van der Waals surface area contributed by atoms with Crippen molar-refractivity contribution < 1.29 is 28.7 Å². The minimum absolute atomic E-state index is 0.00944. The molecule has 54 heavy (non-hydrogen) atoms. The van der Waals surface area contributed by atoms with Gasteiger partial charge in [0.15, 0.2) is 0 Å². The Morgan fingerprint density at radius 2 is 1.74 bits per heavy atom. The molecule has 2 aromatic rings. The zero-order valence-electron chi connectivity index (χ0n) is 33.6. The van der Waals surface area contributed by atoms with E-state index in [0.29, 0.717) is 32.4 Å². The average Bonchev–Trinajstić information content (AvgIpc) is 3.97. The second kappa shape index (κ2) is 20.0. The van der Waals surface area contributed by atoms with Crippen molar-refractivity contribution in [3.63, 3.8) is 0 Å². The molecule has 4 N–H and O–H groups in total. The molecule has 12 nitrogen and oxygen atoms in total. The third-order valence-electron chi connectivity index (χ3n) is 11.9. The van der Waals surface area contributed by atoms with Gasteiger partial charge in [-0.1, -0.05) is 84.2 Å². The first kappa shape index (κ1) is 43.3. The Balaban J connectivity index is 1.45. The van der Waals surface area contributed by atoms with Gasteiger partial charge in [-0.2, -0.15) is 0 Å². The number of thiazole rings is 1. The fourth-order valence-electron chi connectivity index (χ4n) is 8.36. The molecule has 4 amide bonds. The summed E-state index contributed by atoms with van der Waals surface area (Å²) in [6, 6.07) is 8.51. The second-order valence-electron chi connectivity index (χ2n) is 15.7. The molecule has 8 atom stereocenters. The number of likely N-dealkylation sites (N-methyl/N-ethyl adjacent to an activating group) is 1. The summed E-state index contributed by atoms with van der Waals surface area (Å²) >= 11 is 1.56. The van der Waals surface area contributed by atoms with Gasteiger partial charge in [-0.3, -0.25) is 19.2 Å². The second-order valence-corrected chi connectivity index (χ2v) is 16.7. The van der Waals surface area contributed by atoms with E-state index in [-0.39, 0.29) is 53.8 Å². The van der Waals surface area contributed by atoms with Gasteiger partial charge < -0.3 is 35.6 Å². The van der Waals surface area contributed by atoms with Crippen LogP contribution in [-0.4, -0.2) is 109 Å². The summed E-state index contributed by atoms with van der Waals surface area (Å²) < 4.78 is 12.0. The largest absolute Gasteiger partial charge is 0.379 e. The van der Waals surface area contributed by atoms with Crippen molar-refractivity contribution in [1.82, 2.24) is 25.4 Å². The minimum atomic E-state index is -0.958. The molecule has 0 unspecified atom stereocenters. The molecule has 1 saturated carbocycles. The highest BCUT2D eigenvalue weighted by atomic mass is 32.1. The number of ether oxygens (including phenoxy) is 2. The van der Waals surface area contributed by atoms with Crippen LogP contribution in [0.4, 0.5) is 0 Å². The number of aromatic nitrogens is 1. The van der Waals surface area contributed by atoms with E-state index in [9.17, 15) is 19.2 Å². The molecule has 1 saturated heterocycles. The molecule has 0 bridgehead atoms. The average molecular weight is 769 g/mol. The standard InChI is InChI=1S/C41H64N6O6S/c1-9-27(4)35(46(6)39(50)34(26(2)3)45-40(51)41(42)19-13-14-20-41)32(52-7)24-33(48)47-22-15-18-31(47)36(53-8)28(5)37(49)44-25-30(38-43-21-23-54-38)29-16-11-10-12-17-29/h10-12,16-17,21,23,26-28,30-32,34-36H,9,13-15,18-20,22,24-25,42H2,1-8H3,(H,44,49)(H,45,51)/t27-,28+,30-,31-,32+,34-,35-,36+/m0/s1. The molecular formula is C41H64N6O6S. The summed E-state index contributed by atoms with van der Waals surface area (Å²) in [5.74, 6) is -1.58. The number of rotatable bonds is 19. The third kappa shape index (κ3) is 10.3. The van der Waals surface area contributed by atoms with Gasteiger partial charge in [-0.05, 0) is 43.1 Å². The normalized spacial score (nSPS) is 20.8. The van der Waals surface area contributed by atoms with E-state index in [4.69, 9.17) is 15.2 Å². The number of nitrogens with one attached hydrogen (secondary N) is 2. The van der Waals surface area contributed by atoms with Crippen molar-refractivity contribution in [3.8, 4) is 0 Å². The maximum atomic E-state index is 14.2. The monoisotopic (exact) mass is 768 g/mol. The van der Waals surface area contributed by atoms with Gasteiger partial charge in [0.2, 0.25) is 23.6 Å². The van der Waals surface area contributed by atoms with Crippen molar-refractivity contribution in [3.05, 3.63) is 52.5 Å². The van der Waals surface area contributed by atoms with Crippen LogP contribution in [0.15, 0.2) is 41.9 Å². The van der Waals surface area contributed by atoms with E-state index in [0.717, 1.165) is 36.3 Å². The molecular weight excluding hydrogens is 705 g/mol. The van der Waals surface area contributed by atoms with Gasteiger partial charge in [-0.25, -0.2) is 4.98 Å². The van der Waals surface area contributed by atoms with E-state index in [2.05, 4.69) is 29.5 Å². The Hall–Kier alpha value is -3.39. The Kier molecular flexibility index (Phi) is 16.0. The molecule has 2 aliphatic rings. The van der Waals surface area contributed by atoms with Crippen molar-refractivity contribution in [2.75, 3.05) is 34.4 Å². The van der Waals surface area contributed by atoms with E-state index in [1.54, 1.807) is 43.7 Å². The van der Waals surface area contributed by atoms with Gasteiger partial charge >= 0.3 is 0 Å². The van der Waals surface area contributed by atoms with Crippen molar-refractivity contribution in [2.24, 2.45) is 23.5 Å². The highest BCUT2D eigenvalue weighted by molar-refractivity contribution is 7.09. The van der Waals surface area contributed by atoms with Crippen LogP contribution in [0.5, 0.6) is 0 Å². The lowest BCUT2D eigenvalue weighted by atomic mass is 9.89. The number of carbonyl (C=O) groups excluding carboxylic acids is 4. The molecule has 0 radical (unpaired) electrons. The molecule has 13 heteroatoms. The fourth-order valence-corrected chi connectivity index (χ4v) is 9.13. The Morgan fingerprint density at radius 3 is 2.31 bits per heavy atom. The molecule has 1 aromatic heterocycles. The van der Waals surface area contributed by atoms with Gasteiger partial charge in [0.25, 0.3) is 0 Å². The van der Waals surface area contributed by atoms with Crippen LogP contribution in [0.3, 0.4) is 0 Å². The van der Waals surface area contributed by atoms with Crippen molar-refractivity contribution in [1.29, 1.82) is 0 Å². The SMILES string of the molecule is CC[C@H](C)[C@@H]([C@@H](CC(=O)N1CCC[C@H]1[C@H](OC)[C@@H](C)C(=O)NC[C@@H](c1ccccc1)c1nccs1)OC)N(C)C(=O)[C@@H](NC(=O)C1(N)CCCC1)C(C)C. The fraction of sp³-hybridized carbons (Fsp3) is 0.683. The third-order valence-corrected chi connectivity index (χ3v) is 12.7. The number of likely N-dealkylation sites (tertiary alicyclic amines) is 1. The predicted octanol–water partition coefficient (Wildman–Crippen LogP) is 4.72. The summed E-state index contributed by atoms with van der Waals surface area (Å²) in [6.07, 6.45) is 5.92. The summed E-state index contributed by atoms with van der Waals surface area (Å²) in [7, 11) is 4.91. The van der Waals surface area contributed by atoms with Gasteiger partial charge in [0, 0.05) is 45.9 Å². The summed E-state index contributed by atoms with van der Waals surface area (Å²) in [5.41, 5.74) is 6.57. The molecule has 1 aliphatic heterocycles. The van der Waals surface area contributed by atoms with Crippen LogP contribution in [0.25, 0.3) is 0 Å². The zero-order valence-corrected chi connectivity index (χ0v) is 34.4. The molecule has 1 aromatic carbocycles. The number of hydrogen-bond acceptors (Lipinski definition) is 9. The van der Waals surface area contributed by atoms with E-state index >= 15 is 0 Å². The number of nitrogens with zero attached hydrogens (tertiary/aromatic N) is 3. The Morgan fingerprint density at radius 1 is 1.06 bits per heavy atom. The Labute approximate surface area is 326 Å². The van der Waals surface area contributed by atoms with Crippen LogP contribution >= 0.6 is 11.3 Å². The number of carbonyl (C=O) groups is 4. The van der Waals surface area contributed by atoms with Crippen molar-refractivity contribution in [2.45, 2.75) is 128 Å². The van der Waals surface area contributed by atoms with Crippen molar-refractivity contribution >= 4 is 35.0 Å².